The van der Waals surface area contributed by atoms with Gasteiger partial charge in [0.1, 0.15) is 6.04 Å². The molecule has 1 unspecified atom stereocenters. The minimum absolute atomic E-state index is 0.213. The van der Waals surface area contributed by atoms with Crippen LogP contribution in [-0.4, -0.2) is 43.7 Å². The quantitative estimate of drug-likeness (QED) is 0.608. The number of carbonyl (C=O) groups excluding carboxylic acids is 1. The van der Waals surface area contributed by atoms with Crippen molar-refractivity contribution in [3.05, 3.63) is 0 Å². The Balaban J connectivity index is 4.35. The Kier molecular flexibility index (Phi) is 9.24. The summed E-state index contributed by atoms with van der Waals surface area (Å²) in [7, 11) is 1.42. The number of nitrogens with two attached hydrogens (primary N) is 1. The first-order valence-corrected chi connectivity index (χ1v) is 6.23. The van der Waals surface area contributed by atoms with Crippen LogP contribution in [0.4, 0.5) is 0 Å². The fraction of sp³-hybridized carbons (Fsp3) is 0.917. The number of rotatable bonds is 9. The lowest BCUT2D eigenvalue weighted by molar-refractivity contribution is -0.146. The summed E-state index contributed by atoms with van der Waals surface area (Å²) >= 11 is 0. The monoisotopic (exact) mass is 230 g/mol. The second-order valence-electron chi connectivity index (χ2n) is 4.02. The molecule has 0 rings (SSSR count). The van der Waals surface area contributed by atoms with E-state index in [1.54, 1.807) is 0 Å². The predicted molar refractivity (Wildman–Crippen MR) is 66.2 cm³/mol. The van der Waals surface area contributed by atoms with E-state index in [-0.39, 0.29) is 12.0 Å². The first kappa shape index (κ1) is 15.4. The smallest absolute Gasteiger partial charge is 0.324 e. The predicted octanol–water partition coefficient (Wildman–Crippen LogP) is 1.39. The SMILES string of the molecule is CCCCN(CCCC)C(CN)C(=O)OC. The van der Waals surface area contributed by atoms with E-state index in [2.05, 4.69) is 18.7 Å². The number of methoxy groups -OCH3 is 1. The molecule has 0 aromatic carbocycles. The number of carbonyl (C=O) groups is 1. The Bertz CT molecular complexity index is 178. The summed E-state index contributed by atoms with van der Waals surface area (Å²) in [6.07, 6.45) is 4.44. The Morgan fingerprint density at radius 3 is 2.06 bits per heavy atom. The van der Waals surface area contributed by atoms with E-state index in [1.165, 1.54) is 7.11 Å². The van der Waals surface area contributed by atoms with Crippen LogP contribution < -0.4 is 5.73 Å². The molecule has 96 valence electrons. The molecule has 0 aromatic rings. The molecule has 0 fully saturated rings. The summed E-state index contributed by atoms with van der Waals surface area (Å²) in [5, 5.41) is 0. The molecule has 0 bridgehead atoms. The van der Waals surface area contributed by atoms with Gasteiger partial charge < -0.3 is 10.5 Å². The van der Waals surface area contributed by atoms with Crippen LogP contribution in [0.1, 0.15) is 39.5 Å². The minimum atomic E-state index is -0.275. The highest BCUT2D eigenvalue weighted by Crippen LogP contribution is 2.06. The molecule has 4 nitrogen and oxygen atoms in total. The largest absolute Gasteiger partial charge is 0.468 e. The second kappa shape index (κ2) is 9.60. The van der Waals surface area contributed by atoms with Crippen LogP contribution in [0.2, 0.25) is 0 Å². The van der Waals surface area contributed by atoms with Crippen LogP contribution in [0.3, 0.4) is 0 Å². The highest BCUT2D eigenvalue weighted by atomic mass is 16.5. The van der Waals surface area contributed by atoms with E-state index in [0.29, 0.717) is 6.54 Å². The molecule has 0 aliphatic rings. The third-order valence-corrected chi connectivity index (χ3v) is 2.74. The molecule has 0 aliphatic heterocycles. The zero-order chi connectivity index (χ0) is 12.4. The molecule has 0 saturated heterocycles. The molecular formula is C12H26N2O2. The van der Waals surface area contributed by atoms with Crippen molar-refractivity contribution in [2.45, 2.75) is 45.6 Å². The summed E-state index contributed by atoms with van der Waals surface area (Å²) in [5.74, 6) is -0.213. The Hall–Kier alpha value is -0.610. The number of hydrogen-bond donors (Lipinski definition) is 1. The molecule has 0 spiro atoms. The normalized spacial score (nSPS) is 12.8. The van der Waals surface area contributed by atoms with Gasteiger partial charge in [-0.25, -0.2) is 0 Å². The molecule has 0 heterocycles. The number of hydrogen-bond acceptors (Lipinski definition) is 4. The van der Waals surface area contributed by atoms with Crippen molar-refractivity contribution >= 4 is 5.97 Å². The molecule has 0 aliphatic carbocycles. The third kappa shape index (κ3) is 5.47. The van der Waals surface area contributed by atoms with Gasteiger partial charge in [0.05, 0.1) is 7.11 Å². The van der Waals surface area contributed by atoms with Crippen molar-refractivity contribution in [2.75, 3.05) is 26.7 Å². The van der Waals surface area contributed by atoms with E-state index in [0.717, 1.165) is 38.8 Å². The van der Waals surface area contributed by atoms with E-state index in [4.69, 9.17) is 10.5 Å². The van der Waals surface area contributed by atoms with Gasteiger partial charge in [-0.3, -0.25) is 9.69 Å². The van der Waals surface area contributed by atoms with Gasteiger partial charge in [0.15, 0.2) is 0 Å². The standard InChI is InChI=1S/C12H26N2O2/c1-4-6-8-14(9-7-5-2)11(10-13)12(15)16-3/h11H,4-10,13H2,1-3H3. The van der Waals surface area contributed by atoms with Crippen LogP contribution in [0, 0.1) is 0 Å². The van der Waals surface area contributed by atoms with Crippen molar-refractivity contribution in [3.63, 3.8) is 0 Å². The molecule has 4 heteroatoms. The number of ether oxygens (including phenoxy) is 1. The zero-order valence-corrected chi connectivity index (χ0v) is 10.9. The number of unbranched alkanes of at least 4 members (excludes halogenated alkanes) is 2. The van der Waals surface area contributed by atoms with Crippen LogP contribution in [0.15, 0.2) is 0 Å². The first-order chi connectivity index (χ1) is 7.71. The first-order valence-electron chi connectivity index (χ1n) is 6.23. The summed E-state index contributed by atoms with van der Waals surface area (Å²) in [6.45, 7) is 6.47. The summed E-state index contributed by atoms with van der Waals surface area (Å²) < 4.78 is 4.78. The van der Waals surface area contributed by atoms with Gasteiger partial charge in [-0.15, -0.1) is 0 Å². The Labute approximate surface area is 99.1 Å². The summed E-state index contributed by atoms with van der Waals surface area (Å²) in [6, 6.07) is -0.275. The van der Waals surface area contributed by atoms with Gasteiger partial charge >= 0.3 is 5.97 Å². The van der Waals surface area contributed by atoms with Crippen molar-refractivity contribution in [1.29, 1.82) is 0 Å². The number of esters is 1. The van der Waals surface area contributed by atoms with E-state index in [9.17, 15) is 4.79 Å². The second-order valence-corrected chi connectivity index (χ2v) is 4.02. The van der Waals surface area contributed by atoms with Crippen molar-refractivity contribution in [1.82, 2.24) is 4.90 Å². The van der Waals surface area contributed by atoms with Crippen LogP contribution in [0.25, 0.3) is 0 Å². The van der Waals surface area contributed by atoms with E-state index >= 15 is 0 Å². The molecule has 0 aromatic heterocycles. The average molecular weight is 230 g/mol. The van der Waals surface area contributed by atoms with Gasteiger partial charge in [0.25, 0.3) is 0 Å². The lowest BCUT2D eigenvalue weighted by atomic mass is 10.2. The molecule has 0 amide bonds. The zero-order valence-electron chi connectivity index (χ0n) is 10.9. The molecule has 16 heavy (non-hydrogen) atoms. The Morgan fingerprint density at radius 1 is 1.25 bits per heavy atom. The van der Waals surface area contributed by atoms with E-state index < -0.39 is 0 Å². The highest BCUT2D eigenvalue weighted by Gasteiger charge is 2.24. The molecule has 1 atom stereocenters. The molecule has 2 N–H and O–H groups in total. The van der Waals surface area contributed by atoms with Gasteiger partial charge in [0, 0.05) is 6.54 Å². The maximum absolute atomic E-state index is 11.6. The lowest BCUT2D eigenvalue weighted by Gasteiger charge is -2.28. The van der Waals surface area contributed by atoms with Crippen LogP contribution in [-0.2, 0) is 9.53 Å². The van der Waals surface area contributed by atoms with E-state index in [1.807, 2.05) is 0 Å². The summed E-state index contributed by atoms with van der Waals surface area (Å²) in [5.41, 5.74) is 5.65. The van der Waals surface area contributed by atoms with Crippen LogP contribution in [0.5, 0.6) is 0 Å². The van der Waals surface area contributed by atoms with Crippen molar-refractivity contribution < 1.29 is 9.53 Å². The minimum Gasteiger partial charge on any atom is -0.468 e. The lowest BCUT2D eigenvalue weighted by Crippen LogP contribution is -2.47. The van der Waals surface area contributed by atoms with Crippen molar-refractivity contribution in [2.24, 2.45) is 5.73 Å². The van der Waals surface area contributed by atoms with Gasteiger partial charge in [-0.05, 0) is 25.9 Å². The molecular weight excluding hydrogens is 204 g/mol. The fourth-order valence-corrected chi connectivity index (χ4v) is 1.68. The molecule has 0 saturated carbocycles. The molecule has 0 radical (unpaired) electrons. The third-order valence-electron chi connectivity index (χ3n) is 2.74. The maximum atomic E-state index is 11.6. The van der Waals surface area contributed by atoms with Crippen LogP contribution >= 0.6 is 0 Å². The average Bonchev–Trinajstić information content (AvgIpc) is 2.32. The van der Waals surface area contributed by atoms with Gasteiger partial charge in [-0.1, -0.05) is 26.7 Å². The number of nitrogens with zero attached hydrogens (tertiary/aromatic N) is 1. The van der Waals surface area contributed by atoms with Gasteiger partial charge in [-0.2, -0.15) is 0 Å². The fourth-order valence-electron chi connectivity index (χ4n) is 1.68. The van der Waals surface area contributed by atoms with Gasteiger partial charge in [0.2, 0.25) is 0 Å². The maximum Gasteiger partial charge on any atom is 0.324 e. The Morgan fingerprint density at radius 2 is 1.75 bits per heavy atom. The van der Waals surface area contributed by atoms with Crippen molar-refractivity contribution in [3.8, 4) is 0 Å². The highest BCUT2D eigenvalue weighted by molar-refractivity contribution is 5.75. The summed E-state index contributed by atoms with van der Waals surface area (Å²) in [4.78, 5) is 13.7. The topological polar surface area (TPSA) is 55.6 Å².